The molecular weight excluding hydrogens is 278 g/mol. The standard InChI is InChI=1S/C18H21NOS/c1-13(21(2)20)11-12-19-18-16-9-5-3-7-14(16)15-8-4-6-10-17(15)18/h3-10,13,18-19H,11-12H2,1-2H3/t13-,21+/m1/s1. The average molecular weight is 299 g/mol. The third-order valence-electron chi connectivity index (χ3n) is 4.30. The molecule has 0 bridgehead atoms. The molecule has 0 unspecified atom stereocenters. The third kappa shape index (κ3) is 2.81. The molecule has 0 aliphatic heterocycles. The lowest BCUT2D eigenvalue weighted by atomic mass is 10.1. The van der Waals surface area contributed by atoms with Gasteiger partial charge >= 0.3 is 0 Å². The molecule has 0 amide bonds. The van der Waals surface area contributed by atoms with Gasteiger partial charge in [0.2, 0.25) is 0 Å². The molecule has 0 spiro atoms. The van der Waals surface area contributed by atoms with Crippen molar-refractivity contribution in [3.63, 3.8) is 0 Å². The van der Waals surface area contributed by atoms with Crippen LogP contribution in [0, 0.1) is 0 Å². The maximum Gasteiger partial charge on any atom is 0.0588 e. The zero-order valence-corrected chi connectivity index (χ0v) is 13.3. The molecule has 0 heterocycles. The van der Waals surface area contributed by atoms with E-state index in [-0.39, 0.29) is 11.3 Å². The van der Waals surface area contributed by atoms with Crippen LogP contribution < -0.4 is 5.32 Å². The van der Waals surface area contributed by atoms with E-state index in [1.807, 2.05) is 6.92 Å². The zero-order chi connectivity index (χ0) is 14.8. The lowest BCUT2D eigenvalue weighted by Gasteiger charge is -2.17. The highest BCUT2D eigenvalue weighted by Gasteiger charge is 2.27. The Hall–Kier alpha value is -1.45. The van der Waals surface area contributed by atoms with Crippen LogP contribution in [0.2, 0.25) is 0 Å². The highest BCUT2D eigenvalue weighted by atomic mass is 32.2. The van der Waals surface area contributed by atoms with Crippen LogP contribution in [-0.2, 0) is 10.8 Å². The SMILES string of the molecule is C[C@H](CCNC1c2ccccc2-c2ccccc21)[S@](C)=O. The van der Waals surface area contributed by atoms with Crippen molar-refractivity contribution in [3.05, 3.63) is 59.7 Å². The number of nitrogens with one attached hydrogen (secondary N) is 1. The number of rotatable bonds is 5. The fourth-order valence-corrected chi connectivity index (χ4v) is 3.42. The smallest absolute Gasteiger partial charge is 0.0588 e. The Balaban J connectivity index is 1.81. The molecule has 2 aromatic carbocycles. The van der Waals surface area contributed by atoms with Gasteiger partial charge < -0.3 is 5.32 Å². The maximum atomic E-state index is 11.5. The van der Waals surface area contributed by atoms with Crippen molar-refractivity contribution >= 4 is 10.8 Å². The summed E-state index contributed by atoms with van der Waals surface area (Å²) in [5.74, 6) is 0. The second kappa shape index (κ2) is 6.12. The van der Waals surface area contributed by atoms with E-state index in [1.54, 1.807) is 6.26 Å². The molecule has 3 heteroatoms. The summed E-state index contributed by atoms with van der Waals surface area (Å²) in [4.78, 5) is 0. The fraction of sp³-hybridized carbons (Fsp3) is 0.333. The Labute approximate surface area is 129 Å². The van der Waals surface area contributed by atoms with Crippen LogP contribution in [0.3, 0.4) is 0 Å². The van der Waals surface area contributed by atoms with Gasteiger partial charge in [-0.1, -0.05) is 55.5 Å². The molecule has 2 atom stereocenters. The van der Waals surface area contributed by atoms with Crippen molar-refractivity contribution in [2.45, 2.75) is 24.6 Å². The normalized spacial score (nSPS) is 16.3. The van der Waals surface area contributed by atoms with Crippen molar-refractivity contribution in [3.8, 4) is 11.1 Å². The molecule has 2 nitrogen and oxygen atoms in total. The summed E-state index contributed by atoms with van der Waals surface area (Å²) in [7, 11) is -0.744. The molecule has 21 heavy (non-hydrogen) atoms. The molecule has 0 aromatic heterocycles. The second-order valence-corrected chi connectivity index (χ2v) is 7.46. The van der Waals surface area contributed by atoms with E-state index < -0.39 is 10.8 Å². The molecule has 1 aliphatic rings. The first-order chi connectivity index (χ1) is 10.2. The molecule has 1 aliphatic carbocycles. The van der Waals surface area contributed by atoms with Crippen molar-refractivity contribution < 1.29 is 4.21 Å². The lowest BCUT2D eigenvalue weighted by Crippen LogP contribution is -2.25. The summed E-state index contributed by atoms with van der Waals surface area (Å²) in [6.45, 7) is 2.93. The van der Waals surface area contributed by atoms with Crippen LogP contribution in [0.5, 0.6) is 0 Å². The molecule has 1 N–H and O–H groups in total. The third-order valence-corrected chi connectivity index (χ3v) is 5.67. The molecule has 0 saturated heterocycles. The molecular formula is C18H21NOS. The average Bonchev–Trinajstić information content (AvgIpc) is 2.82. The van der Waals surface area contributed by atoms with E-state index in [0.717, 1.165) is 13.0 Å². The van der Waals surface area contributed by atoms with Crippen LogP contribution >= 0.6 is 0 Å². The van der Waals surface area contributed by atoms with Gasteiger partial charge in [0.1, 0.15) is 0 Å². The fourth-order valence-electron chi connectivity index (χ4n) is 2.97. The van der Waals surface area contributed by atoms with Crippen LogP contribution in [0.15, 0.2) is 48.5 Å². The summed E-state index contributed by atoms with van der Waals surface area (Å²) in [5, 5.41) is 3.89. The molecule has 0 saturated carbocycles. The zero-order valence-electron chi connectivity index (χ0n) is 12.5. The van der Waals surface area contributed by atoms with E-state index in [4.69, 9.17) is 0 Å². The van der Waals surface area contributed by atoms with Gasteiger partial charge in [0.25, 0.3) is 0 Å². The quantitative estimate of drug-likeness (QED) is 0.915. The first kappa shape index (κ1) is 14.5. The van der Waals surface area contributed by atoms with Crippen LogP contribution in [0.4, 0.5) is 0 Å². The predicted molar refractivity (Wildman–Crippen MR) is 89.9 cm³/mol. The molecule has 3 rings (SSSR count). The van der Waals surface area contributed by atoms with Crippen LogP contribution in [-0.4, -0.2) is 22.3 Å². The van der Waals surface area contributed by atoms with E-state index in [1.165, 1.54) is 22.3 Å². The van der Waals surface area contributed by atoms with Gasteiger partial charge in [-0.15, -0.1) is 0 Å². The second-order valence-electron chi connectivity index (χ2n) is 5.66. The first-order valence-corrected chi connectivity index (χ1v) is 9.04. The van der Waals surface area contributed by atoms with Gasteiger partial charge in [-0.05, 0) is 35.2 Å². The van der Waals surface area contributed by atoms with E-state index in [0.29, 0.717) is 0 Å². The molecule has 0 fully saturated rings. The Kier molecular flexibility index (Phi) is 4.22. The minimum Gasteiger partial charge on any atom is -0.306 e. The van der Waals surface area contributed by atoms with Crippen molar-refractivity contribution in [2.24, 2.45) is 0 Å². The minimum absolute atomic E-state index is 0.240. The Bertz CT molecular complexity index is 622. The summed E-state index contributed by atoms with van der Waals surface area (Å²) >= 11 is 0. The van der Waals surface area contributed by atoms with Crippen LogP contribution in [0.1, 0.15) is 30.5 Å². The lowest BCUT2D eigenvalue weighted by molar-refractivity contribution is 0.584. The summed E-state index contributed by atoms with van der Waals surface area (Å²) < 4.78 is 11.5. The molecule has 0 radical (unpaired) electrons. The minimum atomic E-state index is -0.744. The highest BCUT2D eigenvalue weighted by Crippen LogP contribution is 2.42. The van der Waals surface area contributed by atoms with Gasteiger partial charge in [-0.25, -0.2) is 0 Å². The van der Waals surface area contributed by atoms with Crippen molar-refractivity contribution in [1.29, 1.82) is 0 Å². The highest BCUT2D eigenvalue weighted by molar-refractivity contribution is 7.84. The van der Waals surface area contributed by atoms with Gasteiger partial charge in [-0.2, -0.15) is 0 Å². The van der Waals surface area contributed by atoms with Crippen molar-refractivity contribution in [2.75, 3.05) is 12.8 Å². The summed E-state index contributed by atoms with van der Waals surface area (Å²) in [5.41, 5.74) is 5.36. The molecule has 110 valence electrons. The van der Waals surface area contributed by atoms with E-state index in [2.05, 4.69) is 53.8 Å². The van der Waals surface area contributed by atoms with Gasteiger partial charge in [0.15, 0.2) is 0 Å². The summed E-state index contributed by atoms with van der Waals surface area (Å²) in [6.07, 6.45) is 2.72. The Morgan fingerprint density at radius 3 is 2.10 bits per heavy atom. The monoisotopic (exact) mass is 299 g/mol. The van der Waals surface area contributed by atoms with E-state index in [9.17, 15) is 4.21 Å². The number of hydrogen-bond donors (Lipinski definition) is 1. The largest absolute Gasteiger partial charge is 0.306 e. The number of hydrogen-bond acceptors (Lipinski definition) is 2. The van der Waals surface area contributed by atoms with E-state index >= 15 is 0 Å². The van der Waals surface area contributed by atoms with Crippen LogP contribution in [0.25, 0.3) is 11.1 Å². The van der Waals surface area contributed by atoms with Gasteiger partial charge in [-0.3, -0.25) is 4.21 Å². The Morgan fingerprint density at radius 1 is 1.05 bits per heavy atom. The molecule has 2 aromatic rings. The van der Waals surface area contributed by atoms with Gasteiger partial charge in [0.05, 0.1) is 6.04 Å². The van der Waals surface area contributed by atoms with Crippen molar-refractivity contribution in [1.82, 2.24) is 5.32 Å². The summed E-state index contributed by atoms with van der Waals surface area (Å²) in [6, 6.07) is 17.4. The first-order valence-electron chi connectivity index (χ1n) is 7.42. The number of benzene rings is 2. The predicted octanol–water partition coefficient (Wildman–Crippen LogP) is 3.50. The topological polar surface area (TPSA) is 29.1 Å². The number of fused-ring (bicyclic) bond motifs is 3. The maximum absolute atomic E-state index is 11.5. The van der Waals surface area contributed by atoms with Gasteiger partial charge in [0, 0.05) is 22.3 Å². The Morgan fingerprint density at radius 2 is 1.57 bits per heavy atom.